The summed E-state index contributed by atoms with van der Waals surface area (Å²) in [6.07, 6.45) is 3.08. The molecule has 0 atom stereocenters. The second-order valence-electron chi connectivity index (χ2n) is 5.27. The Morgan fingerprint density at radius 1 is 1.12 bits per heavy atom. The summed E-state index contributed by atoms with van der Waals surface area (Å²) < 4.78 is 2.99. The van der Waals surface area contributed by atoms with Gasteiger partial charge in [-0.05, 0) is 19.1 Å². The van der Waals surface area contributed by atoms with Crippen LogP contribution >= 0.6 is 34.8 Å². The van der Waals surface area contributed by atoms with E-state index in [0.29, 0.717) is 27.3 Å². The Bertz CT molecular complexity index is 880. The maximum absolute atomic E-state index is 12.0. The third-order valence-corrected chi connectivity index (χ3v) is 4.44. The van der Waals surface area contributed by atoms with Crippen molar-refractivity contribution in [2.24, 2.45) is 0 Å². The second-order valence-corrected chi connectivity index (χ2v) is 6.50. The van der Waals surface area contributed by atoms with Crippen LogP contribution in [0.4, 0.5) is 5.95 Å². The first-order chi connectivity index (χ1) is 11.9. The predicted octanol–water partition coefficient (Wildman–Crippen LogP) is 3.43. The fourth-order valence-corrected chi connectivity index (χ4v) is 2.83. The summed E-state index contributed by atoms with van der Waals surface area (Å²) in [6.45, 7) is 2.12. The van der Waals surface area contributed by atoms with E-state index in [1.807, 2.05) is 0 Å². The summed E-state index contributed by atoms with van der Waals surface area (Å²) in [4.78, 5) is 16.1. The number of hydrogen-bond acceptors (Lipinski definition) is 4. The van der Waals surface area contributed by atoms with E-state index in [1.165, 1.54) is 15.7 Å². The van der Waals surface area contributed by atoms with Crippen LogP contribution in [0.25, 0.3) is 0 Å². The van der Waals surface area contributed by atoms with E-state index in [4.69, 9.17) is 34.8 Å². The van der Waals surface area contributed by atoms with Gasteiger partial charge in [0.2, 0.25) is 11.9 Å². The molecule has 0 aliphatic carbocycles. The number of carbonyl (C=O) groups excluding carboxylic acids is 1. The van der Waals surface area contributed by atoms with Crippen LogP contribution in [0.2, 0.25) is 15.1 Å². The number of aryl methyl sites for hydroxylation is 1. The van der Waals surface area contributed by atoms with Gasteiger partial charge in [0.25, 0.3) is 0 Å². The summed E-state index contributed by atoms with van der Waals surface area (Å²) in [7, 11) is 0. The number of amides is 1. The molecule has 0 aliphatic rings. The highest BCUT2D eigenvalue weighted by Gasteiger charge is 2.11. The first-order valence-corrected chi connectivity index (χ1v) is 8.37. The Hall–Kier alpha value is -2.09. The maximum Gasteiger partial charge on any atom is 0.248 e. The number of hydrogen-bond donors (Lipinski definition) is 1. The zero-order valence-corrected chi connectivity index (χ0v) is 15.3. The summed E-state index contributed by atoms with van der Waals surface area (Å²) in [6, 6.07) is 5.27. The molecule has 3 rings (SSSR count). The number of rotatable bonds is 5. The van der Waals surface area contributed by atoms with E-state index in [1.54, 1.807) is 31.3 Å². The Balaban J connectivity index is 1.64. The molecule has 130 valence electrons. The van der Waals surface area contributed by atoms with Crippen LogP contribution in [0.1, 0.15) is 11.3 Å². The average Bonchev–Trinajstić information content (AvgIpc) is 3.10. The molecule has 0 radical (unpaired) electrons. The minimum Gasteiger partial charge on any atom is -0.292 e. The highest BCUT2D eigenvalue weighted by atomic mass is 35.5. The van der Waals surface area contributed by atoms with Crippen LogP contribution in [0.15, 0.2) is 30.7 Å². The fraction of sp³-hybridized carbons (Fsp3) is 0.200. The highest BCUT2D eigenvalue weighted by molar-refractivity contribution is 6.36. The Kier molecular flexibility index (Phi) is 5.27. The Morgan fingerprint density at radius 2 is 1.84 bits per heavy atom. The lowest BCUT2D eigenvalue weighted by atomic mass is 10.2. The van der Waals surface area contributed by atoms with Crippen molar-refractivity contribution in [1.82, 2.24) is 24.5 Å². The van der Waals surface area contributed by atoms with Crippen LogP contribution < -0.4 is 5.32 Å². The van der Waals surface area contributed by atoms with Gasteiger partial charge in [-0.15, -0.1) is 5.10 Å². The lowest BCUT2D eigenvalue weighted by molar-refractivity contribution is -0.116. The van der Waals surface area contributed by atoms with Gasteiger partial charge in [0.05, 0.1) is 17.3 Å². The van der Waals surface area contributed by atoms with Crippen molar-refractivity contribution in [1.29, 1.82) is 0 Å². The molecule has 0 fully saturated rings. The van der Waals surface area contributed by atoms with Crippen molar-refractivity contribution in [2.75, 3.05) is 5.32 Å². The molecule has 1 aromatic carbocycles. The van der Waals surface area contributed by atoms with Crippen LogP contribution in [-0.2, 0) is 17.9 Å². The molecule has 25 heavy (non-hydrogen) atoms. The summed E-state index contributed by atoms with van der Waals surface area (Å²) in [5, 5.41) is 12.5. The lowest BCUT2D eigenvalue weighted by Crippen LogP contribution is -2.20. The lowest BCUT2D eigenvalue weighted by Gasteiger charge is -2.06. The number of nitrogens with one attached hydrogen (secondary N) is 1. The van der Waals surface area contributed by atoms with Crippen LogP contribution in [-0.4, -0.2) is 30.5 Å². The molecule has 0 saturated heterocycles. The molecule has 3 aromatic rings. The van der Waals surface area contributed by atoms with Gasteiger partial charge in [-0.3, -0.25) is 14.8 Å². The molecule has 0 aliphatic heterocycles. The number of halogens is 3. The van der Waals surface area contributed by atoms with E-state index in [0.717, 1.165) is 5.56 Å². The SMILES string of the molecule is Cc1nn(CC(=O)Nc2ncn(Cc3c(Cl)cccc3Cl)n2)cc1Cl. The van der Waals surface area contributed by atoms with Gasteiger partial charge < -0.3 is 0 Å². The van der Waals surface area contributed by atoms with Crippen LogP contribution in [0.3, 0.4) is 0 Å². The molecule has 0 unspecified atom stereocenters. The van der Waals surface area contributed by atoms with E-state index in [9.17, 15) is 4.79 Å². The number of aromatic nitrogens is 5. The van der Waals surface area contributed by atoms with Crippen LogP contribution in [0.5, 0.6) is 0 Å². The topological polar surface area (TPSA) is 77.6 Å². The molecular formula is C15H13Cl3N6O. The van der Waals surface area contributed by atoms with Crippen molar-refractivity contribution in [3.63, 3.8) is 0 Å². The van der Waals surface area contributed by atoms with E-state index in [2.05, 4.69) is 20.5 Å². The van der Waals surface area contributed by atoms with Crippen molar-refractivity contribution in [2.45, 2.75) is 20.0 Å². The summed E-state index contributed by atoms with van der Waals surface area (Å²) in [5.41, 5.74) is 1.39. The molecule has 10 heteroatoms. The average molecular weight is 400 g/mol. The maximum atomic E-state index is 12.0. The number of carbonyl (C=O) groups is 1. The quantitative estimate of drug-likeness (QED) is 0.713. The molecule has 0 spiro atoms. The van der Waals surface area contributed by atoms with Crippen molar-refractivity contribution < 1.29 is 4.79 Å². The standard InChI is InChI=1S/C15H13Cl3N6O/c1-9-13(18)6-23(21-9)7-14(25)20-15-19-8-24(22-15)5-10-11(16)3-2-4-12(10)17/h2-4,6,8H,5,7H2,1H3,(H,20,22,25). The first-order valence-electron chi connectivity index (χ1n) is 7.24. The van der Waals surface area contributed by atoms with E-state index < -0.39 is 0 Å². The van der Waals surface area contributed by atoms with Gasteiger partial charge in [0.1, 0.15) is 12.9 Å². The van der Waals surface area contributed by atoms with E-state index in [-0.39, 0.29) is 18.4 Å². The van der Waals surface area contributed by atoms with Crippen molar-refractivity contribution in [3.8, 4) is 0 Å². The largest absolute Gasteiger partial charge is 0.292 e. The molecule has 1 N–H and O–H groups in total. The molecule has 0 saturated carbocycles. The third kappa shape index (κ3) is 4.31. The first kappa shape index (κ1) is 17.7. The summed E-state index contributed by atoms with van der Waals surface area (Å²) >= 11 is 18.2. The predicted molar refractivity (Wildman–Crippen MR) is 96.2 cm³/mol. The number of nitrogens with zero attached hydrogens (tertiary/aromatic N) is 5. The zero-order chi connectivity index (χ0) is 18.0. The van der Waals surface area contributed by atoms with Gasteiger partial charge in [0.15, 0.2) is 0 Å². The van der Waals surface area contributed by atoms with Crippen LogP contribution in [0, 0.1) is 6.92 Å². The number of anilines is 1. The highest BCUT2D eigenvalue weighted by Crippen LogP contribution is 2.24. The van der Waals surface area contributed by atoms with Crippen molar-refractivity contribution >= 4 is 46.7 Å². The third-order valence-electron chi connectivity index (χ3n) is 3.36. The molecule has 0 bridgehead atoms. The molecular weight excluding hydrogens is 387 g/mol. The monoisotopic (exact) mass is 398 g/mol. The normalized spacial score (nSPS) is 10.9. The number of benzene rings is 1. The molecule has 7 nitrogen and oxygen atoms in total. The zero-order valence-electron chi connectivity index (χ0n) is 13.1. The minimum absolute atomic E-state index is 0.0123. The van der Waals surface area contributed by atoms with Gasteiger partial charge in [-0.25, -0.2) is 9.67 Å². The fourth-order valence-electron chi connectivity index (χ4n) is 2.16. The van der Waals surface area contributed by atoms with Crippen molar-refractivity contribution in [3.05, 3.63) is 57.0 Å². The smallest absolute Gasteiger partial charge is 0.248 e. The summed E-state index contributed by atoms with van der Waals surface area (Å²) in [5.74, 6) is -0.129. The Morgan fingerprint density at radius 3 is 2.48 bits per heavy atom. The molecule has 2 aromatic heterocycles. The van der Waals surface area contributed by atoms with Gasteiger partial charge in [-0.1, -0.05) is 40.9 Å². The minimum atomic E-state index is -0.312. The Labute approximate surface area is 158 Å². The van der Waals surface area contributed by atoms with E-state index >= 15 is 0 Å². The molecule has 1 amide bonds. The van der Waals surface area contributed by atoms with Gasteiger partial charge in [0, 0.05) is 21.8 Å². The second kappa shape index (κ2) is 7.43. The van der Waals surface area contributed by atoms with Gasteiger partial charge in [-0.2, -0.15) is 5.10 Å². The molecule has 2 heterocycles. The van der Waals surface area contributed by atoms with Gasteiger partial charge >= 0.3 is 0 Å².